The van der Waals surface area contributed by atoms with Gasteiger partial charge in [-0.2, -0.15) is 4.31 Å². The molecule has 0 bridgehead atoms. The molecule has 0 saturated carbocycles. The molecule has 4 rings (SSSR count). The second-order valence-electron chi connectivity index (χ2n) is 6.43. The van der Waals surface area contributed by atoms with E-state index in [0.29, 0.717) is 38.6 Å². The molecule has 7 heteroatoms. The van der Waals surface area contributed by atoms with Crippen LogP contribution >= 0.6 is 0 Å². The lowest BCUT2D eigenvalue weighted by Crippen LogP contribution is -2.27. The van der Waals surface area contributed by atoms with E-state index in [4.69, 9.17) is 9.15 Å². The molecule has 2 aliphatic heterocycles. The summed E-state index contributed by atoms with van der Waals surface area (Å²) in [4.78, 5) is 2.17. The highest BCUT2D eigenvalue weighted by Gasteiger charge is 2.30. The summed E-state index contributed by atoms with van der Waals surface area (Å²) in [6, 6.07) is 11.5. The normalized spacial score (nSPS) is 19.0. The number of hydrogen-bond donors (Lipinski definition) is 0. The van der Waals surface area contributed by atoms with Crippen molar-refractivity contribution >= 4 is 15.7 Å². The highest BCUT2D eigenvalue weighted by molar-refractivity contribution is 7.89. The van der Waals surface area contributed by atoms with E-state index in [-0.39, 0.29) is 5.09 Å². The molecule has 2 aliphatic rings. The quantitative estimate of drug-likeness (QED) is 0.837. The van der Waals surface area contributed by atoms with Crippen molar-refractivity contribution in [3.05, 3.63) is 47.7 Å². The van der Waals surface area contributed by atoms with Crippen LogP contribution in [0.4, 0.5) is 5.69 Å². The predicted octanol–water partition coefficient (Wildman–Crippen LogP) is 2.60. The highest BCUT2D eigenvalue weighted by Crippen LogP contribution is 2.27. The fourth-order valence-electron chi connectivity index (χ4n) is 3.41. The summed E-state index contributed by atoms with van der Waals surface area (Å²) >= 11 is 0. The maximum atomic E-state index is 12.6. The van der Waals surface area contributed by atoms with Crippen molar-refractivity contribution in [1.29, 1.82) is 0 Å². The Balaban J connectivity index is 1.55. The van der Waals surface area contributed by atoms with E-state index in [1.165, 1.54) is 4.31 Å². The zero-order valence-electron chi connectivity index (χ0n) is 14.1. The van der Waals surface area contributed by atoms with Gasteiger partial charge < -0.3 is 14.1 Å². The van der Waals surface area contributed by atoms with Gasteiger partial charge in [-0.25, -0.2) is 8.42 Å². The Morgan fingerprint density at radius 3 is 2.64 bits per heavy atom. The Bertz CT molecular complexity index is 840. The molecule has 0 aliphatic carbocycles. The Kier molecular flexibility index (Phi) is 4.54. The van der Waals surface area contributed by atoms with Gasteiger partial charge in [0, 0.05) is 30.9 Å². The molecular weight excluding hydrogens is 340 g/mol. The molecule has 1 fully saturated rings. The lowest BCUT2D eigenvalue weighted by Gasteiger charge is -2.23. The van der Waals surface area contributed by atoms with Gasteiger partial charge in [0.05, 0.1) is 19.8 Å². The molecule has 3 heterocycles. The van der Waals surface area contributed by atoms with Gasteiger partial charge in [-0.05, 0) is 31.0 Å². The van der Waals surface area contributed by atoms with Crippen molar-refractivity contribution in [2.24, 2.45) is 0 Å². The van der Waals surface area contributed by atoms with Crippen molar-refractivity contribution < 1.29 is 17.6 Å². The van der Waals surface area contributed by atoms with E-state index in [1.54, 1.807) is 12.1 Å². The number of rotatable bonds is 4. The van der Waals surface area contributed by atoms with Crippen LogP contribution in [0.1, 0.15) is 24.2 Å². The number of ether oxygens (including phenoxy) is 1. The van der Waals surface area contributed by atoms with Crippen molar-refractivity contribution in [1.82, 2.24) is 4.31 Å². The molecule has 0 spiro atoms. The van der Waals surface area contributed by atoms with Crippen LogP contribution in [0.5, 0.6) is 0 Å². The van der Waals surface area contributed by atoms with Gasteiger partial charge in [-0.15, -0.1) is 0 Å². The summed E-state index contributed by atoms with van der Waals surface area (Å²) < 4.78 is 38.0. The summed E-state index contributed by atoms with van der Waals surface area (Å²) in [5.74, 6) is 0.648. The maximum Gasteiger partial charge on any atom is 0.276 e. The zero-order valence-corrected chi connectivity index (χ0v) is 14.9. The van der Waals surface area contributed by atoms with Crippen LogP contribution in [0.3, 0.4) is 0 Å². The fourth-order valence-corrected chi connectivity index (χ4v) is 4.85. The number of fused-ring (bicyclic) bond motifs is 1. The van der Waals surface area contributed by atoms with Crippen LogP contribution < -0.4 is 4.90 Å². The van der Waals surface area contributed by atoms with Crippen LogP contribution in [0.25, 0.3) is 0 Å². The van der Waals surface area contributed by atoms with Crippen molar-refractivity contribution in [2.75, 3.05) is 31.1 Å². The molecule has 0 radical (unpaired) electrons. The third-order valence-corrected chi connectivity index (χ3v) is 6.51. The fraction of sp³-hybridized carbons (Fsp3) is 0.444. The van der Waals surface area contributed by atoms with Crippen LogP contribution in [0.15, 0.2) is 45.9 Å². The third kappa shape index (κ3) is 3.31. The van der Waals surface area contributed by atoms with Crippen molar-refractivity contribution in [3.8, 4) is 0 Å². The Morgan fingerprint density at radius 2 is 1.80 bits per heavy atom. The second-order valence-corrected chi connectivity index (χ2v) is 8.30. The highest BCUT2D eigenvalue weighted by atomic mass is 32.2. The average molecular weight is 362 g/mol. The summed E-state index contributed by atoms with van der Waals surface area (Å²) in [6.07, 6.45) is 1.83. The number of para-hydroxylation sites is 1. The monoisotopic (exact) mass is 362 g/mol. The Labute approximate surface area is 148 Å². The molecule has 0 amide bonds. The standard InChI is InChI=1S/C18H22N2O4S/c21-25(22,20-9-3-4-10-20)18-8-7-16(24-18)13-19-11-12-23-14-15-5-1-2-6-17(15)19/h1-2,5-8H,3-4,9-14H2. The largest absolute Gasteiger partial charge is 0.446 e. The minimum atomic E-state index is -3.50. The topological polar surface area (TPSA) is 63.0 Å². The first-order valence-electron chi connectivity index (χ1n) is 8.64. The molecule has 25 heavy (non-hydrogen) atoms. The van der Waals surface area contributed by atoms with Gasteiger partial charge in [0.15, 0.2) is 0 Å². The van der Waals surface area contributed by atoms with Gasteiger partial charge in [-0.3, -0.25) is 0 Å². The number of anilines is 1. The minimum Gasteiger partial charge on any atom is -0.446 e. The van der Waals surface area contributed by atoms with E-state index in [1.807, 2.05) is 12.1 Å². The molecule has 134 valence electrons. The molecule has 6 nitrogen and oxygen atoms in total. The van der Waals surface area contributed by atoms with Gasteiger partial charge in [-0.1, -0.05) is 18.2 Å². The number of nitrogens with zero attached hydrogens (tertiary/aromatic N) is 2. The number of furan rings is 1. The molecule has 1 aromatic carbocycles. The lowest BCUT2D eigenvalue weighted by atomic mass is 10.1. The molecule has 1 aromatic heterocycles. The Hall–Kier alpha value is -1.83. The van der Waals surface area contributed by atoms with E-state index in [2.05, 4.69) is 17.0 Å². The molecule has 0 atom stereocenters. The first-order chi connectivity index (χ1) is 12.1. The number of hydrogen-bond acceptors (Lipinski definition) is 5. The molecular formula is C18H22N2O4S. The van der Waals surface area contributed by atoms with Gasteiger partial charge in [0.1, 0.15) is 5.76 Å². The molecule has 0 N–H and O–H groups in total. The summed E-state index contributed by atoms with van der Waals surface area (Å²) in [7, 11) is -3.50. The van der Waals surface area contributed by atoms with E-state index in [0.717, 1.165) is 30.6 Å². The zero-order chi connectivity index (χ0) is 17.3. The van der Waals surface area contributed by atoms with E-state index >= 15 is 0 Å². The smallest absolute Gasteiger partial charge is 0.276 e. The van der Waals surface area contributed by atoms with Gasteiger partial charge >= 0.3 is 0 Å². The van der Waals surface area contributed by atoms with Crippen molar-refractivity contribution in [3.63, 3.8) is 0 Å². The van der Waals surface area contributed by atoms with Crippen molar-refractivity contribution in [2.45, 2.75) is 31.1 Å². The van der Waals surface area contributed by atoms with Gasteiger partial charge in [0.2, 0.25) is 5.09 Å². The summed E-state index contributed by atoms with van der Waals surface area (Å²) in [6.45, 7) is 3.65. The molecule has 2 aromatic rings. The first kappa shape index (κ1) is 16.6. The first-order valence-corrected chi connectivity index (χ1v) is 10.1. The van der Waals surface area contributed by atoms with Crippen LogP contribution in [-0.4, -0.2) is 39.0 Å². The summed E-state index contributed by atoms with van der Waals surface area (Å²) in [5, 5.41) is 0.0451. The third-order valence-electron chi connectivity index (χ3n) is 4.74. The van der Waals surface area contributed by atoms with Crippen LogP contribution in [0, 0.1) is 0 Å². The van der Waals surface area contributed by atoms with E-state index in [9.17, 15) is 8.42 Å². The maximum absolute atomic E-state index is 12.6. The van der Waals surface area contributed by atoms with E-state index < -0.39 is 10.0 Å². The Morgan fingerprint density at radius 1 is 1.00 bits per heavy atom. The molecule has 0 unspecified atom stereocenters. The second kappa shape index (κ2) is 6.82. The molecule has 1 saturated heterocycles. The SMILES string of the molecule is O=S(=O)(c1ccc(CN2CCOCc3ccccc32)o1)N1CCCC1. The minimum absolute atomic E-state index is 0.0451. The van der Waals surface area contributed by atoms with Crippen LogP contribution in [0.2, 0.25) is 0 Å². The van der Waals surface area contributed by atoms with Gasteiger partial charge in [0.25, 0.3) is 10.0 Å². The average Bonchev–Trinajstić information content (AvgIpc) is 3.27. The lowest BCUT2D eigenvalue weighted by molar-refractivity contribution is 0.132. The number of benzene rings is 1. The van der Waals surface area contributed by atoms with Crippen LogP contribution in [-0.2, 0) is 27.9 Å². The summed E-state index contributed by atoms with van der Waals surface area (Å²) in [5.41, 5.74) is 2.25. The predicted molar refractivity (Wildman–Crippen MR) is 93.8 cm³/mol. The number of sulfonamides is 1.